The zero-order valence-electron chi connectivity index (χ0n) is 19.1. The fourth-order valence-electron chi connectivity index (χ4n) is 8.02. The van der Waals surface area contributed by atoms with Crippen molar-refractivity contribution in [2.75, 3.05) is 0 Å². The molecule has 7 unspecified atom stereocenters. The van der Waals surface area contributed by atoms with E-state index in [9.17, 15) is 13.2 Å². The van der Waals surface area contributed by atoms with Gasteiger partial charge in [-0.1, -0.05) is 31.5 Å². The van der Waals surface area contributed by atoms with Crippen LogP contribution in [-0.4, -0.2) is 20.3 Å². The van der Waals surface area contributed by atoms with Crippen LogP contribution in [0.2, 0.25) is 0 Å². The van der Waals surface area contributed by atoms with Crippen LogP contribution < -0.4 is 0 Å². The van der Waals surface area contributed by atoms with Crippen LogP contribution >= 0.6 is 0 Å². The Bertz CT molecular complexity index is 968. The van der Waals surface area contributed by atoms with E-state index >= 15 is 0 Å². The van der Waals surface area contributed by atoms with Gasteiger partial charge in [0.1, 0.15) is 5.78 Å². The van der Waals surface area contributed by atoms with Crippen molar-refractivity contribution in [2.45, 2.75) is 89.6 Å². The molecule has 7 atom stereocenters. The lowest BCUT2D eigenvalue weighted by Gasteiger charge is -2.60. The SMILES string of the molecule is Cc1ccc(S(=O)(=O)OC2CCC3(C)C(CCC4C5CCC(=O)C5(C)CCC43)C2)cc1. The highest BCUT2D eigenvalue weighted by molar-refractivity contribution is 7.86. The van der Waals surface area contributed by atoms with Crippen molar-refractivity contribution >= 4 is 15.9 Å². The number of carbonyl (C=O) groups is 1. The number of carbonyl (C=O) groups excluding carboxylic acids is 1. The van der Waals surface area contributed by atoms with Crippen molar-refractivity contribution in [3.8, 4) is 0 Å². The molecule has 4 nitrogen and oxygen atoms in total. The highest BCUT2D eigenvalue weighted by Gasteiger charge is 2.60. The first-order valence-electron chi connectivity index (χ1n) is 12.2. The molecule has 5 rings (SSSR count). The Morgan fingerprint density at radius 2 is 1.68 bits per heavy atom. The van der Waals surface area contributed by atoms with E-state index in [-0.39, 0.29) is 21.8 Å². The van der Waals surface area contributed by atoms with Gasteiger partial charge in [0.15, 0.2) is 0 Å². The molecule has 0 spiro atoms. The molecule has 0 aliphatic heterocycles. The highest BCUT2D eigenvalue weighted by Crippen LogP contribution is 2.65. The van der Waals surface area contributed by atoms with Crippen LogP contribution in [-0.2, 0) is 19.1 Å². The fraction of sp³-hybridized carbons (Fsp3) is 0.731. The minimum absolute atomic E-state index is 0.0766. The molecule has 0 N–H and O–H groups in total. The number of benzene rings is 1. The predicted molar refractivity (Wildman–Crippen MR) is 120 cm³/mol. The topological polar surface area (TPSA) is 60.4 Å². The molecule has 170 valence electrons. The van der Waals surface area contributed by atoms with Crippen molar-refractivity contribution in [3.05, 3.63) is 29.8 Å². The van der Waals surface area contributed by atoms with Crippen LogP contribution in [0.25, 0.3) is 0 Å². The smallest absolute Gasteiger partial charge is 0.297 e. The Hall–Kier alpha value is -1.20. The quantitative estimate of drug-likeness (QED) is 0.563. The van der Waals surface area contributed by atoms with E-state index in [1.807, 2.05) is 19.1 Å². The Kier molecular flexibility index (Phi) is 5.17. The molecule has 4 aliphatic carbocycles. The molecule has 5 heteroatoms. The summed E-state index contributed by atoms with van der Waals surface area (Å²) in [5.41, 5.74) is 1.22. The second-order valence-electron chi connectivity index (χ2n) is 11.3. The third kappa shape index (κ3) is 3.42. The highest BCUT2D eigenvalue weighted by atomic mass is 32.2. The van der Waals surface area contributed by atoms with Gasteiger partial charge in [0, 0.05) is 11.8 Å². The lowest BCUT2D eigenvalue weighted by molar-refractivity contribution is -0.141. The first kappa shape index (κ1) is 21.6. The van der Waals surface area contributed by atoms with Gasteiger partial charge in [-0.05, 0) is 99.5 Å². The summed E-state index contributed by atoms with van der Waals surface area (Å²) in [6.45, 7) is 6.64. The summed E-state index contributed by atoms with van der Waals surface area (Å²) in [5.74, 6) is 2.92. The van der Waals surface area contributed by atoms with Crippen LogP contribution in [0.4, 0.5) is 0 Å². The maximum Gasteiger partial charge on any atom is 0.297 e. The molecular weight excluding hydrogens is 408 g/mol. The summed E-state index contributed by atoms with van der Waals surface area (Å²) >= 11 is 0. The molecular formula is C26H36O4S. The van der Waals surface area contributed by atoms with Crippen molar-refractivity contribution in [3.63, 3.8) is 0 Å². The van der Waals surface area contributed by atoms with Gasteiger partial charge in [0.05, 0.1) is 11.0 Å². The number of hydrogen-bond acceptors (Lipinski definition) is 4. The van der Waals surface area contributed by atoms with Crippen LogP contribution in [0.15, 0.2) is 29.2 Å². The molecule has 4 saturated carbocycles. The van der Waals surface area contributed by atoms with Crippen LogP contribution in [0, 0.1) is 41.4 Å². The average molecular weight is 445 g/mol. The molecule has 0 aromatic heterocycles. The number of Topliss-reactive ketones (excluding diaryl/α,β-unsaturated/α-hetero) is 1. The number of fused-ring (bicyclic) bond motifs is 5. The van der Waals surface area contributed by atoms with E-state index < -0.39 is 10.1 Å². The van der Waals surface area contributed by atoms with Crippen molar-refractivity contribution in [1.29, 1.82) is 0 Å². The average Bonchev–Trinajstić information content (AvgIpc) is 3.03. The lowest BCUT2D eigenvalue weighted by Crippen LogP contribution is -2.54. The summed E-state index contributed by atoms with van der Waals surface area (Å²) in [6, 6.07) is 6.93. The molecule has 1 aromatic carbocycles. The molecule has 31 heavy (non-hydrogen) atoms. The van der Waals surface area contributed by atoms with Gasteiger partial charge in [-0.25, -0.2) is 0 Å². The standard InChI is InChI=1S/C26H36O4S/c1-17-4-7-20(8-5-17)31(28,29)30-19-12-14-25(2)18(16-19)6-9-21-22-10-11-24(27)26(22,3)15-13-23(21)25/h4-5,7-8,18-19,21-23H,6,9-16H2,1-3H3. The van der Waals surface area contributed by atoms with Crippen LogP contribution in [0.5, 0.6) is 0 Å². The fourth-order valence-corrected chi connectivity index (χ4v) is 9.13. The maximum absolute atomic E-state index is 12.8. The van der Waals surface area contributed by atoms with Crippen LogP contribution in [0.1, 0.15) is 77.2 Å². The largest absolute Gasteiger partial charge is 0.299 e. The van der Waals surface area contributed by atoms with E-state index in [0.29, 0.717) is 29.5 Å². The molecule has 0 saturated heterocycles. The van der Waals surface area contributed by atoms with Gasteiger partial charge in [-0.15, -0.1) is 0 Å². The maximum atomic E-state index is 12.8. The van der Waals surface area contributed by atoms with Gasteiger partial charge in [-0.2, -0.15) is 8.42 Å². The second-order valence-corrected chi connectivity index (χ2v) is 12.9. The number of aryl methyl sites for hydroxylation is 1. The molecule has 0 amide bonds. The van der Waals surface area contributed by atoms with E-state index in [0.717, 1.165) is 56.9 Å². The van der Waals surface area contributed by atoms with Crippen molar-refractivity contribution in [1.82, 2.24) is 0 Å². The lowest BCUT2D eigenvalue weighted by atomic mass is 9.45. The normalized spacial score (nSPS) is 42.5. The summed E-state index contributed by atoms with van der Waals surface area (Å²) < 4.78 is 31.4. The minimum Gasteiger partial charge on any atom is -0.299 e. The van der Waals surface area contributed by atoms with E-state index in [4.69, 9.17) is 4.18 Å². The Balaban J connectivity index is 1.30. The zero-order chi connectivity index (χ0) is 22.0. The van der Waals surface area contributed by atoms with Crippen LogP contribution in [0.3, 0.4) is 0 Å². The summed E-state index contributed by atoms with van der Waals surface area (Å²) in [7, 11) is -3.72. The van der Waals surface area contributed by atoms with E-state index in [1.54, 1.807) is 12.1 Å². The minimum atomic E-state index is -3.72. The third-order valence-corrected chi connectivity index (χ3v) is 11.3. The first-order chi connectivity index (χ1) is 14.6. The Morgan fingerprint density at radius 3 is 2.42 bits per heavy atom. The molecule has 4 fully saturated rings. The Labute approximate surface area is 187 Å². The molecule has 0 heterocycles. The Morgan fingerprint density at radius 1 is 0.935 bits per heavy atom. The molecule has 0 radical (unpaired) electrons. The molecule has 0 bridgehead atoms. The summed E-state index contributed by atoms with van der Waals surface area (Å²) in [6.07, 6.45) is 8.85. The van der Waals surface area contributed by atoms with Gasteiger partial charge in [-0.3, -0.25) is 8.98 Å². The van der Waals surface area contributed by atoms with Gasteiger partial charge in [0.2, 0.25) is 0 Å². The number of rotatable bonds is 3. The third-order valence-electron chi connectivity index (χ3n) is 9.90. The first-order valence-corrected chi connectivity index (χ1v) is 13.6. The van der Waals surface area contributed by atoms with E-state index in [2.05, 4.69) is 13.8 Å². The molecule has 1 aromatic rings. The van der Waals surface area contributed by atoms with Gasteiger partial charge in [0.25, 0.3) is 10.1 Å². The second kappa shape index (κ2) is 7.41. The number of hydrogen-bond donors (Lipinski definition) is 0. The monoisotopic (exact) mass is 444 g/mol. The van der Waals surface area contributed by atoms with Crippen molar-refractivity contribution < 1.29 is 17.4 Å². The van der Waals surface area contributed by atoms with Crippen molar-refractivity contribution in [2.24, 2.45) is 34.5 Å². The zero-order valence-corrected chi connectivity index (χ0v) is 19.9. The summed E-state index contributed by atoms with van der Waals surface area (Å²) in [5, 5.41) is 0. The van der Waals surface area contributed by atoms with Gasteiger partial charge >= 0.3 is 0 Å². The van der Waals surface area contributed by atoms with E-state index in [1.165, 1.54) is 6.42 Å². The predicted octanol–water partition coefficient (Wildman–Crippen LogP) is 5.68. The summed E-state index contributed by atoms with van der Waals surface area (Å²) in [4.78, 5) is 12.9. The van der Waals surface area contributed by atoms with Gasteiger partial charge < -0.3 is 0 Å². The molecule has 4 aliphatic rings. The number of ketones is 1.